The van der Waals surface area contributed by atoms with Gasteiger partial charge in [-0.3, -0.25) is 18.8 Å². The van der Waals surface area contributed by atoms with Gasteiger partial charge in [0.25, 0.3) is 17.2 Å². The fourth-order valence-corrected chi connectivity index (χ4v) is 7.56. The van der Waals surface area contributed by atoms with Crippen LogP contribution in [0.15, 0.2) is 25.1 Å². The largest absolute Gasteiger partial charge is 0.479 e. The lowest BCUT2D eigenvalue weighted by Gasteiger charge is -2.57. The van der Waals surface area contributed by atoms with Crippen molar-refractivity contribution in [2.24, 2.45) is 7.05 Å². The molecule has 192 valence electrons. The second-order valence-electron chi connectivity index (χ2n) is 7.29. The molecule has 0 bridgehead atoms. The van der Waals surface area contributed by atoms with Gasteiger partial charge in [0, 0.05) is 19.9 Å². The number of amides is 2. The van der Waals surface area contributed by atoms with Gasteiger partial charge in [0.2, 0.25) is 11.1 Å². The summed E-state index contributed by atoms with van der Waals surface area (Å²) < 4.78 is 9.22. The van der Waals surface area contributed by atoms with Gasteiger partial charge >= 0.3 is 11.9 Å². The summed E-state index contributed by atoms with van der Waals surface area (Å²) in [6, 6.07) is -1.28. The number of methoxy groups -OCH3 is 1. The van der Waals surface area contributed by atoms with Crippen molar-refractivity contribution >= 4 is 70.6 Å². The molecule has 0 spiro atoms. The van der Waals surface area contributed by atoms with Crippen LogP contribution in [0.2, 0.25) is 0 Å². The zero-order chi connectivity index (χ0) is 26.2. The highest BCUT2D eigenvalue weighted by molar-refractivity contribution is 8.03. The zero-order valence-corrected chi connectivity index (χ0v) is 21.6. The van der Waals surface area contributed by atoms with Gasteiger partial charge < -0.3 is 25.2 Å². The number of hydrogen-bond donors (Lipinski definition) is 4. The maximum Gasteiger partial charge on any atom is 0.343 e. The number of hydrogen-bond acceptors (Lipinski definition) is 13. The van der Waals surface area contributed by atoms with Crippen LogP contribution < -0.4 is 10.9 Å². The predicted molar refractivity (Wildman–Crippen MR) is 128 cm³/mol. The Kier molecular flexibility index (Phi) is 7.46. The Morgan fingerprint density at radius 3 is 2.67 bits per heavy atom. The number of aliphatic carboxylic acids is 1. The Bertz CT molecular complexity index is 1320. The average molecular weight is 576 g/mol. The Hall–Kier alpha value is -2.87. The first kappa shape index (κ1) is 26.2. The van der Waals surface area contributed by atoms with E-state index >= 15 is 0 Å². The van der Waals surface area contributed by atoms with E-state index in [1.807, 2.05) is 0 Å². The number of ether oxygens (including phenoxy) is 1. The van der Waals surface area contributed by atoms with E-state index in [2.05, 4.69) is 25.2 Å². The highest BCUT2D eigenvalue weighted by Gasteiger charge is 2.67. The number of thioether (sulfide) groups is 3. The molecule has 36 heavy (non-hydrogen) atoms. The molecule has 0 aliphatic carbocycles. The number of β-lactam (4-membered cyclic amide) rings is 1. The van der Waals surface area contributed by atoms with Gasteiger partial charge in [-0.15, -0.1) is 28.6 Å². The van der Waals surface area contributed by atoms with Crippen LogP contribution in [-0.4, -0.2) is 99.2 Å². The monoisotopic (exact) mass is 575 g/mol. The lowest BCUT2D eigenvalue weighted by atomic mass is 9.95. The molecule has 1 saturated heterocycles. The van der Waals surface area contributed by atoms with E-state index in [0.29, 0.717) is 10.7 Å². The molecule has 0 radical (unpaired) electrons. The molecule has 2 unspecified atom stereocenters. The molecule has 0 aromatic carbocycles. The number of carboxylic acids is 2. The van der Waals surface area contributed by atoms with Crippen LogP contribution in [0.1, 0.15) is 10.4 Å². The van der Waals surface area contributed by atoms with E-state index in [1.54, 1.807) is 12.5 Å². The topological polar surface area (TPSA) is 210 Å². The fourth-order valence-electron chi connectivity index (χ4n) is 3.53. The number of aryl methyl sites for hydroxylation is 1. The van der Waals surface area contributed by atoms with Gasteiger partial charge in [-0.05, 0) is 21.4 Å². The smallest absolute Gasteiger partial charge is 0.343 e. The minimum absolute atomic E-state index is 0.108. The molecule has 19 heteroatoms. The van der Waals surface area contributed by atoms with Crippen molar-refractivity contribution in [1.29, 1.82) is 0 Å². The lowest BCUT2D eigenvalue weighted by molar-refractivity contribution is -0.201. The number of aromatic nitrogens is 5. The number of rotatable bonds is 10. The summed E-state index contributed by atoms with van der Waals surface area (Å²) in [5.74, 6) is -4.17. The van der Waals surface area contributed by atoms with Gasteiger partial charge in [-0.25, -0.2) is 14.3 Å². The number of aromatic amines is 1. The van der Waals surface area contributed by atoms with Crippen molar-refractivity contribution < 1.29 is 34.1 Å². The average Bonchev–Trinajstić information content (AvgIpc) is 3.43. The minimum Gasteiger partial charge on any atom is -0.479 e. The molecule has 1 fully saturated rings. The summed E-state index contributed by atoms with van der Waals surface area (Å²) in [4.78, 5) is 61.9. The van der Waals surface area contributed by atoms with E-state index in [0.717, 1.165) is 40.0 Å². The molecule has 0 saturated carbocycles. The normalized spacial score (nSPS) is 23.0. The summed E-state index contributed by atoms with van der Waals surface area (Å²) >= 11 is 3.93. The standard InChI is InChI=1S/C17H17N7O8S4/c1-23-16(19-21-22-23)35-4-6-3-34-15-17(32-2,14(31)24(15)9(6)12(29)30)18-7(25)5-33-13-8(11(27)28)10(26)20-36-13/h3,9,15H,4-5H2,1-2H3,(H,18,25)(H,20,26)(H,27,28)(H,29,30)/t9?,15?,17-/m0/s1. The SMILES string of the molecule is CO[C@@]1(NC(=O)CSc2s[nH]c(=O)c2C(=O)O)C(=O)N2C(C(=O)O)C(CSc3nnnn3C)=CSC21. The zero-order valence-electron chi connectivity index (χ0n) is 18.4. The molecule has 15 nitrogen and oxygen atoms in total. The number of nitrogens with one attached hydrogen (secondary N) is 2. The Morgan fingerprint density at radius 2 is 2.06 bits per heavy atom. The number of aromatic carboxylic acids is 1. The Morgan fingerprint density at radius 1 is 1.31 bits per heavy atom. The molecule has 4 heterocycles. The number of fused-ring (bicyclic) bond motifs is 1. The highest BCUT2D eigenvalue weighted by Crippen LogP contribution is 2.47. The van der Waals surface area contributed by atoms with Crippen molar-refractivity contribution in [3.05, 3.63) is 26.9 Å². The van der Waals surface area contributed by atoms with E-state index < -0.39 is 52.0 Å². The molecular weight excluding hydrogens is 558 g/mol. The third-order valence-corrected chi connectivity index (χ3v) is 9.67. The Balaban J connectivity index is 1.47. The molecule has 2 aliphatic heterocycles. The number of carboxylic acid groups (broad SMARTS) is 2. The van der Waals surface area contributed by atoms with Crippen LogP contribution in [-0.2, 0) is 26.2 Å². The fraction of sp³-hybridized carbons (Fsp3) is 0.412. The molecule has 3 atom stereocenters. The molecular formula is C17H17N7O8S4. The van der Waals surface area contributed by atoms with E-state index in [1.165, 1.54) is 23.6 Å². The molecule has 4 rings (SSSR count). The molecule has 2 aromatic rings. The van der Waals surface area contributed by atoms with Crippen LogP contribution in [0.3, 0.4) is 0 Å². The third-order valence-electron chi connectivity index (χ3n) is 5.18. The maximum atomic E-state index is 13.2. The first-order valence-electron chi connectivity index (χ1n) is 9.79. The van der Waals surface area contributed by atoms with E-state index in [4.69, 9.17) is 9.84 Å². The lowest BCUT2D eigenvalue weighted by Crippen LogP contribution is -2.83. The third kappa shape index (κ3) is 4.51. The summed E-state index contributed by atoms with van der Waals surface area (Å²) in [7, 11) is 2.86. The summed E-state index contributed by atoms with van der Waals surface area (Å²) in [6.07, 6.45) is 0. The van der Waals surface area contributed by atoms with Gasteiger partial charge in [0.1, 0.15) is 5.37 Å². The number of tetrazole rings is 1. The van der Waals surface area contributed by atoms with Gasteiger partial charge in [0.05, 0.1) is 9.96 Å². The van der Waals surface area contributed by atoms with E-state index in [-0.39, 0.29) is 15.7 Å². The van der Waals surface area contributed by atoms with Gasteiger partial charge in [-0.2, -0.15) is 0 Å². The van der Waals surface area contributed by atoms with Crippen molar-refractivity contribution in [2.45, 2.75) is 26.5 Å². The van der Waals surface area contributed by atoms with Crippen LogP contribution >= 0.6 is 46.8 Å². The minimum atomic E-state index is -1.81. The van der Waals surface area contributed by atoms with Crippen LogP contribution in [0.5, 0.6) is 0 Å². The van der Waals surface area contributed by atoms with Crippen molar-refractivity contribution in [3.63, 3.8) is 0 Å². The second kappa shape index (κ2) is 10.2. The number of carbonyl (C=O) groups excluding carboxylic acids is 2. The van der Waals surface area contributed by atoms with Crippen LogP contribution in [0.25, 0.3) is 0 Å². The van der Waals surface area contributed by atoms with Crippen molar-refractivity contribution in [3.8, 4) is 0 Å². The maximum absolute atomic E-state index is 13.2. The Labute approximate surface area is 218 Å². The predicted octanol–water partition coefficient (Wildman–Crippen LogP) is -0.746. The summed E-state index contributed by atoms with van der Waals surface area (Å²) in [5.41, 5.74) is -2.60. The van der Waals surface area contributed by atoms with Crippen molar-refractivity contribution in [2.75, 3.05) is 18.6 Å². The molecule has 4 N–H and O–H groups in total. The van der Waals surface area contributed by atoms with Crippen molar-refractivity contribution in [1.82, 2.24) is 34.8 Å². The van der Waals surface area contributed by atoms with Crippen LogP contribution in [0.4, 0.5) is 0 Å². The quantitative estimate of drug-likeness (QED) is 0.156. The van der Waals surface area contributed by atoms with Crippen LogP contribution in [0, 0.1) is 0 Å². The number of carbonyl (C=O) groups is 4. The number of nitrogens with zero attached hydrogens (tertiary/aromatic N) is 5. The molecule has 2 aliphatic rings. The summed E-state index contributed by atoms with van der Waals surface area (Å²) in [5, 5.41) is 33.9. The first-order chi connectivity index (χ1) is 17.1. The first-order valence-corrected chi connectivity index (χ1v) is 13.5. The molecule has 2 aromatic heterocycles. The van der Waals surface area contributed by atoms with Gasteiger partial charge in [0.15, 0.2) is 11.6 Å². The number of H-pyrrole nitrogens is 1. The molecule has 2 amide bonds. The van der Waals surface area contributed by atoms with E-state index in [9.17, 15) is 29.1 Å². The second-order valence-corrected chi connectivity index (χ2v) is 11.2. The summed E-state index contributed by atoms with van der Waals surface area (Å²) in [6.45, 7) is 0. The highest BCUT2D eigenvalue weighted by atomic mass is 32.2. The van der Waals surface area contributed by atoms with Gasteiger partial charge in [-0.1, -0.05) is 23.3 Å².